The Labute approximate surface area is 80.6 Å². The van der Waals surface area contributed by atoms with Crippen molar-refractivity contribution in [2.24, 2.45) is 11.5 Å². The van der Waals surface area contributed by atoms with Gasteiger partial charge in [-0.15, -0.1) is 0 Å². The first kappa shape index (κ1) is 14.6. The Morgan fingerprint density at radius 1 is 1.38 bits per heavy atom. The molecule has 0 aliphatic carbocycles. The van der Waals surface area contributed by atoms with Crippen molar-refractivity contribution in [3.63, 3.8) is 0 Å². The van der Waals surface area contributed by atoms with E-state index < -0.39 is 5.91 Å². The van der Waals surface area contributed by atoms with Crippen LogP contribution in [0.25, 0.3) is 0 Å². The third-order valence-corrected chi connectivity index (χ3v) is 1.03. The third kappa shape index (κ3) is 18.2. The van der Waals surface area contributed by atoms with Gasteiger partial charge in [0, 0.05) is 5.57 Å². The van der Waals surface area contributed by atoms with Crippen molar-refractivity contribution in [3.05, 3.63) is 12.2 Å². The van der Waals surface area contributed by atoms with Gasteiger partial charge in [-0.25, -0.2) is 0 Å². The molecular weight excluding hydrogens is 166 g/mol. The first-order valence-electron chi connectivity index (χ1n) is 4.20. The number of nitrogens with two attached hydrogens (primary N) is 2. The second-order valence-electron chi connectivity index (χ2n) is 3.20. The van der Waals surface area contributed by atoms with E-state index in [1.165, 1.54) is 0 Å². The highest BCUT2D eigenvalue weighted by atomic mass is 16.1. The molecule has 0 aromatic carbocycles. The molecule has 0 aromatic rings. The van der Waals surface area contributed by atoms with Crippen LogP contribution in [0.3, 0.4) is 0 Å². The van der Waals surface area contributed by atoms with Crippen molar-refractivity contribution < 1.29 is 4.79 Å². The van der Waals surface area contributed by atoms with Gasteiger partial charge in [0.2, 0.25) is 5.91 Å². The van der Waals surface area contributed by atoms with Crippen molar-refractivity contribution in [3.8, 4) is 0 Å². The third-order valence-electron chi connectivity index (χ3n) is 1.03. The van der Waals surface area contributed by atoms with E-state index >= 15 is 0 Å². The number of rotatable bonds is 4. The second kappa shape index (κ2) is 9.22. The summed E-state index contributed by atoms with van der Waals surface area (Å²) in [6, 6.07) is 0. The monoisotopic (exact) mass is 187 g/mol. The van der Waals surface area contributed by atoms with Gasteiger partial charge in [-0.2, -0.15) is 0 Å². The number of primary amides is 1. The number of hydrogen-bond donors (Lipinski definition) is 2. The lowest BCUT2D eigenvalue weighted by Gasteiger charge is -1.96. The van der Waals surface area contributed by atoms with E-state index in [-0.39, 0.29) is 0 Å². The van der Waals surface area contributed by atoms with E-state index in [1.54, 1.807) is 0 Å². The van der Waals surface area contributed by atoms with E-state index in [0.717, 1.165) is 6.42 Å². The van der Waals surface area contributed by atoms with Crippen LogP contribution in [0.4, 0.5) is 0 Å². The molecule has 4 N–H and O–H groups in total. The zero-order valence-corrected chi connectivity index (χ0v) is 8.84. The Morgan fingerprint density at radius 3 is 2.00 bits per heavy atom. The lowest BCUT2D eigenvalue weighted by molar-refractivity contribution is -0.114. The minimum Gasteiger partial charge on any atom is -0.366 e. The molecule has 4 heteroatoms. The number of carbonyl (C=O) groups is 1. The van der Waals surface area contributed by atoms with Crippen molar-refractivity contribution in [1.82, 2.24) is 4.90 Å². The maximum atomic E-state index is 10.3. The largest absolute Gasteiger partial charge is 0.366 e. The van der Waals surface area contributed by atoms with Crippen LogP contribution >= 0.6 is 0 Å². The van der Waals surface area contributed by atoms with Gasteiger partial charge in [0.25, 0.3) is 0 Å². The van der Waals surface area contributed by atoms with Crippen molar-refractivity contribution in [1.29, 1.82) is 0 Å². The second-order valence-corrected chi connectivity index (χ2v) is 3.20. The van der Waals surface area contributed by atoms with Crippen LogP contribution in [-0.2, 0) is 4.79 Å². The fourth-order valence-corrected chi connectivity index (χ4v) is 0.439. The molecule has 0 aliphatic rings. The first-order valence-corrected chi connectivity index (χ1v) is 4.20. The molecule has 0 atom stereocenters. The van der Waals surface area contributed by atoms with Gasteiger partial charge in [-0.1, -0.05) is 6.58 Å². The molecule has 0 aromatic heterocycles. The van der Waals surface area contributed by atoms with Gasteiger partial charge in [0.05, 0.1) is 0 Å². The predicted molar refractivity (Wildman–Crippen MR) is 56.2 cm³/mol. The zero-order chi connectivity index (χ0) is 10.9. The Hall–Kier alpha value is -0.870. The number of carbonyl (C=O) groups excluding carboxylic acids is 1. The van der Waals surface area contributed by atoms with Gasteiger partial charge in [0.1, 0.15) is 0 Å². The summed E-state index contributed by atoms with van der Waals surface area (Å²) in [7, 11) is 6.00. The van der Waals surface area contributed by atoms with Crippen molar-refractivity contribution >= 4 is 5.91 Å². The summed E-state index contributed by atoms with van der Waals surface area (Å²) in [4.78, 5) is 12.3. The van der Waals surface area contributed by atoms with Gasteiger partial charge in [-0.3, -0.25) is 4.79 Å². The Kier molecular flexibility index (Phi) is 10.4. The fraction of sp³-hybridized carbons (Fsp3) is 0.667. The fourth-order valence-electron chi connectivity index (χ4n) is 0.439. The molecule has 0 unspecified atom stereocenters. The van der Waals surface area contributed by atoms with Crippen LogP contribution in [-0.4, -0.2) is 38.5 Å². The summed E-state index contributed by atoms with van der Waals surface area (Å²) < 4.78 is 0. The lowest BCUT2D eigenvalue weighted by Crippen LogP contribution is -2.13. The number of amides is 1. The molecule has 0 fully saturated rings. The van der Waals surface area contributed by atoms with Crippen LogP contribution in [0.15, 0.2) is 12.2 Å². The zero-order valence-electron chi connectivity index (χ0n) is 8.84. The number of hydrogen-bond acceptors (Lipinski definition) is 3. The molecule has 78 valence electrons. The SMILES string of the molecule is C=C(CCCN)C(N)=O.CN(C)C. The van der Waals surface area contributed by atoms with Gasteiger partial charge >= 0.3 is 0 Å². The van der Waals surface area contributed by atoms with E-state index in [1.807, 2.05) is 26.0 Å². The smallest absolute Gasteiger partial charge is 0.244 e. The average Bonchev–Trinajstić information content (AvgIpc) is 1.98. The molecule has 0 radical (unpaired) electrons. The molecule has 4 nitrogen and oxygen atoms in total. The van der Waals surface area contributed by atoms with Gasteiger partial charge in [-0.05, 0) is 40.5 Å². The van der Waals surface area contributed by atoms with Crippen molar-refractivity contribution in [2.45, 2.75) is 12.8 Å². The Morgan fingerprint density at radius 2 is 1.77 bits per heavy atom. The van der Waals surface area contributed by atoms with Crippen LogP contribution in [0, 0.1) is 0 Å². The maximum absolute atomic E-state index is 10.3. The summed E-state index contributed by atoms with van der Waals surface area (Å²) in [5, 5.41) is 0. The molecule has 0 saturated carbocycles. The van der Waals surface area contributed by atoms with Gasteiger partial charge in [0.15, 0.2) is 0 Å². The highest BCUT2D eigenvalue weighted by molar-refractivity contribution is 5.91. The summed E-state index contributed by atoms with van der Waals surface area (Å²) in [5.41, 5.74) is 10.5. The highest BCUT2D eigenvalue weighted by Gasteiger charge is 1.98. The normalized spacial score (nSPS) is 9.00. The summed E-state index contributed by atoms with van der Waals surface area (Å²) >= 11 is 0. The molecule has 0 heterocycles. The van der Waals surface area contributed by atoms with E-state index in [9.17, 15) is 4.79 Å². The van der Waals surface area contributed by atoms with Crippen LogP contribution < -0.4 is 11.5 Å². The molecule has 0 aliphatic heterocycles. The van der Waals surface area contributed by atoms with Crippen LogP contribution in [0.2, 0.25) is 0 Å². The number of nitrogens with zero attached hydrogens (tertiary/aromatic N) is 1. The van der Waals surface area contributed by atoms with Crippen LogP contribution in [0.5, 0.6) is 0 Å². The van der Waals surface area contributed by atoms with E-state index in [4.69, 9.17) is 11.5 Å². The van der Waals surface area contributed by atoms with Gasteiger partial charge < -0.3 is 16.4 Å². The average molecular weight is 187 g/mol. The highest BCUT2D eigenvalue weighted by Crippen LogP contribution is 1.98. The Balaban J connectivity index is 0. The van der Waals surface area contributed by atoms with E-state index in [2.05, 4.69) is 6.58 Å². The summed E-state index contributed by atoms with van der Waals surface area (Å²) in [5.74, 6) is -0.427. The standard InChI is InChI=1S/C6H12N2O.C3H9N/c1-5(6(8)9)3-2-4-7;1-4(2)3/h1-4,7H2,(H2,8,9);1-3H3. The van der Waals surface area contributed by atoms with E-state index in [0.29, 0.717) is 18.5 Å². The molecular formula is C9H21N3O. The molecule has 0 rings (SSSR count). The quantitative estimate of drug-likeness (QED) is 0.606. The molecule has 0 spiro atoms. The molecule has 0 bridgehead atoms. The minimum atomic E-state index is -0.427. The van der Waals surface area contributed by atoms with Crippen molar-refractivity contribution in [2.75, 3.05) is 27.7 Å². The van der Waals surface area contributed by atoms with Crippen LogP contribution in [0.1, 0.15) is 12.8 Å². The predicted octanol–water partition coefficient (Wildman–Crippen LogP) is -0.0554. The summed E-state index contributed by atoms with van der Waals surface area (Å²) in [6.07, 6.45) is 1.40. The Bertz CT molecular complexity index is 152. The topological polar surface area (TPSA) is 72.3 Å². The lowest BCUT2D eigenvalue weighted by atomic mass is 10.1. The first-order chi connectivity index (χ1) is 5.91. The molecule has 1 amide bonds. The maximum Gasteiger partial charge on any atom is 0.244 e. The summed E-state index contributed by atoms with van der Waals surface area (Å²) in [6.45, 7) is 4.04. The molecule has 13 heavy (non-hydrogen) atoms. The minimum absolute atomic E-state index is 0.427. The molecule has 0 saturated heterocycles.